The summed E-state index contributed by atoms with van der Waals surface area (Å²) in [4.78, 5) is 30.7. The molecular weight excluding hydrogens is 260 g/mol. The van der Waals surface area contributed by atoms with Crippen LogP contribution >= 0.6 is 11.6 Å². The first kappa shape index (κ1) is 12.8. The average Bonchev–Trinajstić information content (AvgIpc) is 2.72. The molecule has 0 aliphatic carbocycles. The van der Waals surface area contributed by atoms with Crippen molar-refractivity contribution in [3.8, 4) is 0 Å². The molecule has 0 unspecified atom stereocenters. The van der Waals surface area contributed by atoms with Crippen molar-refractivity contribution < 1.29 is 5.11 Å². The Morgan fingerprint density at radius 3 is 2.72 bits per heavy atom. The minimum Gasteiger partial charge on any atom is -0.854 e. The van der Waals surface area contributed by atoms with E-state index < -0.39 is 11.2 Å². The molecule has 8 heteroatoms. The SMILES string of the molecule is CCn1c(=O)n(CCC[O-])c(=O)c2[nH]c(Cl)nc21. The van der Waals surface area contributed by atoms with Gasteiger partial charge in [-0.05, 0) is 18.5 Å². The van der Waals surface area contributed by atoms with Crippen molar-refractivity contribution in [1.82, 2.24) is 19.1 Å². The molecule has 98 valence electrons. The monoisotopic (exact) mass is 271 g/mol. The van der Waals surface area contributed by atoms with Crippen molar-refractivity contribution >= 4 is 22.8 Å². The summed E-state index contributed by atoms with van der Waals surface area (Å²) in [5.41, 5.74) is -0.526. The highest BCUT2D eigenvalue weighted by atomic mass is 35.5. The Kier molecular flexibility index (Phi) is 3.53. The molecule has 0 saturated heterocycles. The standard InChI is InChI=1S/C10H12ClN4O3/c1-2-14-7-6(12-9(11)13-7)8(17)15(10(14)18)4-3-5-16/h2-5H2,1H3,(H,12,13)/q-1. The third kappa shape index (κ3) is 1.95. The van der Waals surface area contributed by atoms with Crippen molar-refractivity contribution in [2.45, 2.75) is 26.4 Å². The van der Waals surface area contributed by atoms with E-state index in [4.69, 9.17) is 11.6 Å². The molecule has 0 bridgehead atoms. The molecule has 0 atom stereocenters. The number of halogens is 1. The molecule has 0 spiro atoms. The summed E-state index contributed by atoms with van der Waals surface area (Å²) in [7, 11) is 0. The molecular formula is C10H12ClN4O3-. The summed E-state index contributed by atoms with van der Waals surface area (Å²) < 4.78 is 2.39. The molecule has 0 aliphatic heterocycles. The van der Waals surface area contributed by atoms with Crippen molar-refractivity contribution in [3.05, 3.63) is 26.1 Å². The van der Waals surface area contributed by atoms with Crippen LogP contribution in [0, 0.1) is 0 Å². The van der Waals surface area contributed by atoms with Crippen LogP contribution < -0.4 is 16.4 Å². The van der Waals surface area contributed by atoms with Crippen LogP contribution in [0.2, 0.25) is 5.28 Å². The van der Waals surface area contributed by atoms with E-state index in [1.807, 2.05) is 0 Å². The lowest BCUT2D eigenvalue weighted by atomic mass is 10.4. The van der Waals surface area contributed by atoms with Gasteiger partial charge in [-0.2, -0.15) is 4.98 Å². The number of hydrogen-bond donors (Lipinski definition) is 1. The Hall–Kier alpha value is -1.60. The first-order valence-electron chi connectivity index (χ1n) is 5.57. The van der Waals surface area contributed by atoms with E-state index in [2.05, 4.69) is 9.97 Å². The van der Waals surface area contributed by atoms with Crippen LogP contribution in [0.15, 0.2) is 9.59 Å². The zero-order valence-electron chi connectivity index (χ0n) is 9.77. The summed E-state index contributed by atoms with van der Waals surface area (Å²) in [6.07, 6.45) is 0.228. The highest BCUT2D eigenvalue weighted by molar-refractivity contribution is 6.28. The molecule has 2 rings (SSSR count). The van der Waals surface area contributed by atoms with Gasteiger partial charge >= 0.3 is 5.69 Å². The molecule has 2 heterocycles. The predicted molar refractivity (Wildman–Crippen MR) is 64.8 cm³/mol. The number of fused-ring (bicyclic) bond motifs is 1. The van der Waals surface area contributed by atoms with Crippen LogP contribution in [0.3, 0.4) is 0 Å². The molecule has 0 aliphatic rings. The van der Waals surface area contributed by atoms with Crippen LogP contribution in [-0.2, 0) is 13.1 Å². The molecule has 0 aromatic carbocycles. The van der Waals surface area contributed by atoms with E-state index in [-0.39, 0.29) is 36.0 Å². The van der Waals surface area contributed by atoms with Crippen molar-refractivity contribution in [2.75, 3.05) is 6.61 Å². The Morgan fingerprint density at radius 2 is 2.11 bits per heavy atom. The van der Waals surface area contributed by atoms with Gasteiger partial charge < -0.3 is 10.1 Å². The normalized spacial score (nSPS) is 11.3. The van der Waals surface area contributed by atoms with Crippen LogP contribution in [0.4, 0.5) is 0 Å². The van der Waals surface area contributed by atoms with Gasteiger partial charge in [-0.25, -0.2) is 4.79 Å². The van der Waals surface area contributed by atoms with Gasteiger partial charge in [0.2, 0.25) is 5.28 Å². The Morgan fingerprint density at radius 1 is 1.39 bits per heavy atom. The highest BCUT2D eigenvalue weighted by Crippen LogP contribution is 2.09. The van der Waals surface area contributed by atoms with Crippen LogP contribution in [-0.4, -0.2) is 25.7 Å². The van der Waals surface area contributed by atoms with Crippen molar-refractivity contribution in [2.24, 2.45) is 0 Å². The number of nitrogens with zero attached hydrogens (tertiary/aromatic N) is 3. The summed E-state index contributed by atoms with van der Waals surface area (Å²) in [5, 5.41) is 10.5. The Bertz CT molecular complexity index is 685. The lowest BCUT2D eigenvalue weighted by molar-refractivity contribution is -0.368. The van der Waals surface area contributed by atoms with Gasteiger partial charge in [0.15, 0.2) is 11.2 Å². The number of imidazole rings is 1. The number of aromatic amines is 1. The van der Waals surface area contributed by atoms with Crippen LogP contribution in [0.25, 0.3) is 11.2 Å². The summed E-state index contributed by atoms with van der Waals surface area (Å²) >= 11 is 5.71. The zero-order valence-corrected chi connectivity index (χ0v) is 10.5. The van der Waals surface area contributed by atoms with E-state index in [9.17, 15) is 14.7 Å². The van der Waals surface area contributed by atoms with Crippen molar-refractivity contribution in [3.63, 3.8) is 0 Å². The highest BCUT2D eigenvalue weighted by Gasteiger charge is 2.15. The first-order chi connectivity index (χ1) is 8.60. The molecule has 0 amide bonds. The second-order valence-corrected chi connectivity index (χ2v) is 4.13. The third-order valence-corrected chi connectivity index (χ3v) is 2.85. The van der Waals surface area contributed by atoms with E-state index in [0.717, 1.165) is 4.57 Å². The van der Waals surface area contributed by atoms with E-state index in [0.29, 0.717) is 6.54 Å². The molecule has 0 radical (unpaired) electrons. The fourth-order valence-electron chi connectivity index (χ4n) is 1.84. The number of rotatable bonds is 4. The van der Waals surface area contributed by atoms with Gasteiger partial charge in [-0.15, -0.1) is 6.61 Å². The summed E-state index contributed by atoms with van der Waals surface area (Å²) in [6.45, 7) is 1.91. The summed E-state index contributed by atoms with van der Waals surface area (Å²) in [6, 6.07) is 0. The van der Waals surface area contributed by atoms with Gasteiger partial charge in [-0.3, -0.25) is 13.9 Å². The number of nitrogens with one attached hydrogen (secondary N) is 1. The first-order valence-corrected chi connectivity index (χ1v) is 5.95. The maximum Gasteiger partial charge on any atom is 0.332 e. The van der Waals surface area contributed by atoms with Gasteiger partial charge in [0.1, 0.15) is 0 Å². The number of H-pyrrole nitrogens is 1. The zero-order chi connectivity index (χ0) is 13.3. The molecule has 1 N–H and O–H groups in total. The molecule has 0 fully saturated rings. The molecule has 2 aromatic rings. The smallest absolute Gasteiger partial charge is 0.332 e. The second-order valence-electron chi connectivity index (χ2n) is 3.77. The average molecular weight is 272 g/mol. The van der Waals surface area contributed by atoms with E-state index >= 15 is 0 Å². The molecule has 18 heavy (non-hydrogen) atoms. The molecule has 2 aromatic heterocycles. The molecule has 0 saturated carbocycles. The fraction of sp³-hybridized carbons (Fsp3) is 0.500. The van der Waals surface area contributed by atoms with Gasteiger partial charge in [0.25, 0.3) is 5.56 Å². The molecule has 7 nitrogen and oxygen atoms in total. The topological polar surface area (TPSA) is 95.7 Å². The predicted octanol–water partition coefficient (Wildman–Crippen LogP) is -0.690. The fourth-order valence-corrected chi connectivity index (χ4v) is 2.02. The van der Waals surface area contributed by atoms with Crippen molar-refractivity contribution in [1.29, 1.82) is 0 Å². The van der Waals surface area contributed by atoms with E-state index in [1.54, 1.807) is 6.92 Å². The second kappa shape index (κ2) is 4.95. The van der Waals surface area contributed by atoms with Gasteiger partial charge in [-0.1, -0.05) is 6.42 Å². The van der Waals surface area contributed by atoms with Crippen LogP contribution in [0.1, 0.15) is 13.3 Å². The number of aromatic nitrogens is 4. The maximum absolute atomic E-state index is 12.1. The minimum absolute atomic E-state index is 0.0604. The van der Waals surface area contributed by atoms with E-state index in [1.165, 1.54) is 4.57 Å². The summed E-state index contributed by atoms with van der Waals surface area (Å²) in [5.74, 6) is 0. The number of aryl methyl sites for hydroxylation is 1. The largest absolute Gasteiger partial charge is 0.854 e. The Labute approximate surface area is 107 Å². The maximum atomic E-state index is 12.1. The quantitative estimate of drug-likeness (QED) is 0.745. The lowest BCUT2D eigenvalue weighted by Crippen LogP contribution is -2.40. The third-order valence-electron chi connectivity index (χ3n) is 2.67. The van der Waals surface area contributed by atoms with Gasteiger partial charge in [0.05, 0.1) is 0 Å². The Balaban J connectivity index is 2.79. The van der Waals surface area contributed by atoms with Crippen LogP contribution in [0.5, 0.6) is 0 Å². The minimum atomic E-state index is -0.493. The lowest BCUT2D eigenvalue weighted by Gasteiger charge is -2.10. The van der Waals surface area contributed by atoms with Gasteiger partial charge in [0, 0.05) is 13.1 Å². The number of hydrogen-bond acceptors (Lipinski definition) is 4.